The van der Waals surface area contributed by atoms with E-state index in [1.165, 1.54) is 25.1 Å². The molecule has 3 N–H and O–H groups in total. The van der Waals surface area contributed by atoms with Crippen LogP contribution in [0.25, 0.3) is 0 Å². The highest BCUT2D eigenvalue weighted by Crippen LogP contribution is 2.18. The van der Waals surface area contributed by atoms with E-state index in [2.05, 4.69) is 4.74 Å². The zero-order valence-corrected chi connectivity index (χ0v) is 11.7. The fourth-order valence-electron chi connectivity index (χ4n) is 1.36. The summed E-state index contributed by atoms with van der Waals surface area (Å²) >= 11 is 0. The van der Waals surface area contributed by atoms with Gasteiger partial charge in [-0.15, -0.1) is 0 Å². The van der Waals surface area contributed by atoms with Crippen molar-refractivity contribution in [1.29, 1.82) is 0 Å². The Morgan fingerprint density at radius 1 is 1.35 bits per heavy atom. The Balaban J connectivity index is 2.98. The molecule has 0 heterocycles. The molecule has 20 heavy (non-hydrogen) atoms. The number of anilines is 1. The molecule has 110 valence electrons. The molecule has 0 saturated carbocycles. The number of benzene rings is 1. The molecule has 0 atom stereocenters. The fourth-order valence-corrected chi connectivity index (χ4v) is 2.16. The van der Waals surface area contributed by atoms with Gasteiger partial charge in [-0.3, -0.25) is 4.72 Å². The first kappa shape index (κ1) is 15.8. The Hall–Kier alpha value is -2.29. The van der Waals surface area contributed by atoms with Crippen molar-refractivity contribution in [3.63, 3.8) is 0 Å². The lowest BCUT2D eigenvalue weighted by molar-refractivity contribution is 0.0698. The van der Waals surface area contributed by atoms with Crippen LogP contribution in [0, 0.1) is 6.92 Å². The second kappa shape index (κ2) is 6.24. The lowest BCUT2D eigenvalue weighted by atomic mass is 10.1. The zero-order chi connectivity index (χ0) is 15.3. The van der Waals surface area contributed by atoms with Gasteiger partial charge >= 0.3 is 22.3 Å². The largest absolute Gasteiger partial charge is 0.478 e. The highest BCUT2D eigenvalue weighted by Gasteiger charge is 2.19. The Kier molecular flexibility index (Phi) is 4.92. The van der Waals surface area contributed by atoms with Crippen molar-refractivity contribution in [2.75, 3.05) is 11.3 Å². The van der Waals surface area contributed by atoms with E-state index in [-0.39, 0.29) is 17.9 Å². The standard InChI is InChI=1S/C11H14N2O6S/c1-3-19-11(16)13-20(17,18)12-9-5-4-7(2)6-8(9)10(14)15/h4-6,12H,3H2,1-2H3,(H,13,16)(H,14,15). The first-order valence-electron chi connectivity index (χ1n) is 5.56. The quantitative estimate of drug-likeness (QED) is 0.748. The number of carbonyl (C=O) groups excluding carboxylic acids is 1. The van der Waals surface area contributed by atoms with Crippen LogP contribution in [-0.2, 0) is 14.9 Å². The van der Waals surface area contributed by atoms with Crippen molar-refractivity contribution in [3.8, 4) is 0 Å². The number of carboxylic acid groups (broad SMARTS) is 1. The van der Waals surface area contributed by atoms with Crippen molar-refractivity contribution in [1.82, 2.24) is 4.72 Å². The van der Waals surface area contributed by atoms with Gasteiger partial charge in [-0.2, -0.15) is 8.42 Å². The maximum Gasteiger partial charge on any atom is 0.422 e. The first-order chi connectivity index (χ1) is 9.25. The fraction of sp³-hybridized carbons (Fsp3) is 0.273. The van der Waals surface area contributed by atoms with E-state index >= 15 is 0 Å². The van der Waals surface area contributed by atoms with Gasteiger partial charge in [-0.1, -0.05) is 11.6 Å². The maximum atomic E-state index is 11.6. The van der Waals surface area contributed by atoms with Crippen LogP contribution in [0.2, 0.25) is 0 Å². The van der Waals surface area contributed by atoms with E-state index in [9.17, 15) is 18.0 Å². The third kappa shape index (κ3) is 4.43. The van der Waals surface area contributed by atoms with Crippen molar-refractivity contribution in [3.05, 3.63) is 29.3 Å². The van der Waals surface area contributed by atoms with Gasteiger partial charge in [-0.05, 0) is 26.0 Å². The van der Waals surface area contributed by atoms with Crippen LogP contribution in [0.4, 0.5) is 10.5 Å². The third-order valence-corrected chi connectivity index (χ3v) is 3.07. The zero-order valence-electron chi connectivity index (χ0n) is 10.8. The number of rotatable bonds is 5. The smallest absolute Gasteiger partial charge is 0.422 e. The number of aryl methyl sites for hydroxylation is 1. The predicted octanol–water partition coefficient (Wildman–Crippen LogP) is 1.10. The van der Waals surface area contributed by atoms with E-state index in [0.29, 0.717) is 5.56 Å². The summed E-state index contributed by atoms with van der Waals surface area (Å²) in [6.07, 6.45) is -1.15. The van der Waals surface area contributed by atoms with Crippen LogP contribution in [-0.4, -0.2) is 32.2 Å². The number of carbonyl (C=O) groups is 2. The Bertz CT molecular complexity index is 626. The number of hydrogen-bond donors (Lipinski definition) is 3. The lowest BCUT2D eigenvalue weighted by Gasteiger charge is -2.11. The van der Waals surface area contributed by atoms with Crippen molar-refractivity contribution in [2.24, 2.45) is 0 Å². The Morgan fingerprint density at radius 3 is 2.55 bits per heavy atom. The van der Waals surface area contributed by atoms with Gasteiger partial charge in [0, 0.05) is 0 Å². The van der Waals surface area contributed by atoms with Crippen molar-refractivity contribution in [2.45, 2.75) is 13.8 Å². The number of hydrogen-bond acceptors (Lipinski definition) is 5. The third-order valence-electron chi connectivity index (χ3n) is 2.14. The molecule has 0 bridgehead atoms. The van der Waals surface area contributed by atoms with E-state index in [0.717, 1.165) is 0 Å². The molecule has 9 heteroatoms. The molecule has 0 aliphatic carbocycles. The average molecular weight is 302 g/mol. The van der Waals surface area contributed by atoms with Gasteiger partial charge in [-0.25, -0.2) is 14.3 Å². The minimum Gasteiger partial charge on any atom is -0.478 e. The van der Waals surface area contributed by atoms with Crippen LogP contribution in [0.15, 0.2) is 18.2 Å². The predicted molar refractivity (Wildman–Crippen MR) is 70.8 cm³/mol. The van der Waals surface area contributed by atoms with Crippen molar-refractivity contribution < 1.29 is 27.9 Å². The SMILES string of the molecule is CCOC(=O)NS(=O)(=O)Nc1ccc(C)cc1C(=O)O. The molecular weight excluding hydrogens is 288 g/mol. The summed E-state index contributed by atoms with van der Waals surface area (Å²) < 4.78 is 31.2. The minimum absolute atomic E-state index is 0.00621. The molecular formula is C11H14N2O6S. The number of ether oxygens (including phenoxy) is 1. The second-order valence-corrected chi connectivity index (χ2v) is 5.20. The highest BCUT2D eigenvalue weighted by atomic mass is 32.2. The van der Waals surface area contributed by atoms with Crippen LogP contribution in [0.1, 0.15) is 22.8 Å². The summed E-state index contributed by atoms with van der Waals surface area (Å²) in [5, 5.41) is 9.01. The summed E-state index contributed by atoms with van der Waals surface area (Å²) in [6, 6.07) is 4.14. The van der Waals surface area contributed by atoms with Gasteiger partial charge in [0.2, 0.25) is 0 Å². The second-order valence-electron chi connectivity index (χ2n) is 3.78. The van der Waals surface area contributed by atoms with Gasteiger partial charge in [0.15, 0.2) is 0 Å². The van der Waals surface area contributed by atoms with Crippen LogP contribution >= 0.6 is 0 Å². The van der Waals surface area contributed by atoms with E-state index < -0.39 is 22.3 Å². The molecule has 0 aromatic heterocycles. The Morgan fingerprint density at radius 2 is 2.00 bits per heavy atom. The summed E-state index contributed by atoms with van der Waals surface area (Å²) in [6.45, 7) is 3.19. The highest BCUT2D eigenvalue weighted by molar-refractivity contribution is 7.91. The monoisotopic (exact) mass is 302 g/mol. The lowest BCUT2D eigenvalue weighted by Crippen LogP contribution is -2.36. The van der Waals surface area contributed by atoms with Gasteiger partial charge < -0.3 is 9.84 Å². The average Bonchev–Trinajstić information content (AvgIpc) is 2.30. The first-order valence-corrected chi connectivity index (χ1v) is 7.04. The van der Waals surface area contributed by atoms with Crippen LogP contribution in [0.3, 0.4) is 0 Å². The molecule has 0 aliphatic rings. The molecule has 1 aromatic carbocycles. The van der Waals surface area contributed by atoms with Crippen LogP contribution < -0.4 is 9.44 Å². The summed E-state index contributed by atoms with van der Waals surface area (Å²) in [5.74, 6) is -1.29. The molecule has 0 spiro atoms. The Labute approximate surface area is 115 Å². The molecule has 1 rings (SSSR count). The number of amides is 1. The molecule has 8 nitrogen and oxygen atoms in total. The number of carboxylic acids is 1. The summed E-state index contributed by atoms with van der Waals surface area (Å²) in [7, 11) is -4.26. The maximum absolute atomic E-state index is 11.6. The normalized spacial score (nSPS) is 10.7. The molecule has 0 fully saturated rings. The molecule has 1 aromatic rings. The van der Waals surface area contributed by atoms with Crippen LogP contribution in [0.5, 0.6) is 0 Å². The molecule has 0 aliphatic heterocycles. The molecule has 0 radical (unpaired) electrons. The van der Waals surface area contributed by atoms with Gasteiger partial charge in [0.05, 0.1) is 17.9 Å². The summed E-state index contributed by atoms with van der Waals surface area (Å²) in [5.41, 5.74) is 0.280. The molecule has 1 amide bonds. The van der Waals surface area contributed by atoms with Gasteiger partial charge in [0.25, 0.3) is 0 Å². The number of nitrogens with one attached hydrogen (secondary N) is 2. The van der Waals surface area contributed by atoms with Gasteiger partial charge in [0.1, 0.15) is 0 Å². The van der Waals surface area contributed by atoms with E-state index in [1.807, 2.05) is 4.72 Å². The van der Waals surface area contributed by atoms with E-state index in [4.69, 9.17) is 5.11 Å². The summed E-state index contributed by atoms with van der Waals surface area (Å²) in [4.78, 5) is 22.1. The minimum atomic E-state index is -4.26. The number of aromatic carboxylic acids is 1. The van der Waals surface area contributed by atoms with Crippen molar-refractivity contribution >= 4 is 28.0 Å². The van der Waals surface area contributed by atoms with E-state index in [1.54, 1.807) is 11.6 Å². The molecule has 0 saturated heterocycles. The topological polar surface area (TPSA) is 122 Å². The molecule has 0 unspecified atom stereocenters.